The molecule has 1 saturated carbocycles. The first-order valence-corrected chi connectivity index (χ1v) is 10.1. The molecule has 0 atom stereocenters. The van der Waals surface area contributed by atoms with Crippen LogP contribution >= 0.6 is 0 Å². The molecule has 0 spiro atoms. The van der Waals surface area contributed by atoms with E-state index in [1.165, 1.54) is 25.7 Å². The molecule has 0 saturated heterocycles. The van der Waals surface area contributed by atoms with E-state index in [9.17, 15) is 4.79 Å². The lowest BCUT2D eigenvalue weighted by atomic mass is 10.1. The molecule has 3 aromatic rings. The van der Waals surface area contributed by atoms with Crippen molar-refractivity contribution in [1.29, 1.82) is 0 Å². The summed E-state index contributed by atoms with van der Waals surface area (Å²) in [6, 6.07) is 6.15. The van der Waals surface area contributed by atoms with Crippen molar-refractivity contribution in [2.24, 2.45) is 0 Å². The first kappa shape index (κ1) is 18.5. The Bertz CT molecular complexity index is 1010. The van der Waals surface area contributed by atoms with E-state index in [1.54, 1.807) is 21.4 Å². The molecule has 0 amide bonds. The van der Waals surface area contributed by atoms with Gasteiger partial charge in [-0.15, -0.1) is 0 Å². The van der Waals surface area contributed by atoms with Crippen molar-refractivity contribution >= 4 is 5.69 Å². The summed E-state index contributed by atoms with van der Waals surface area (Å²) < 4.78 is 3.52. The first-order chi connectivity index (χ1) is 13.6. The zero-order valence-corrected chi connectivity index (χ0v) is 16.6. The van der Waals surface area contributed by atoms with Gasteiger partial charge in [0.05, 0.1) is 29.5 Å². The predicted molar refractivity (Wildman–Crippen MR) is 112 cm³/mol. The van der Waals surface area contributed by atoms with Crippen LogP contribution in [0.4, 0.5) is 5.69 Å². The highest BCUT2D eigenvalue weighted by molar-refractivity contribution is 5.64. The van der Waals surface area contributed by atoms with Gasteiger partial charge in [-0.05, 0) is 43.9 Å². The number of nitrogens with one attached hydrogen (secondary N) is 1. The Kier molecular flexibility index (Phi) is 5.28. The molecular weight excluding hydrogens is 350 g/mol. The third kappa shape index (κ3) is 3.86. The van der Waals surface area contributed by atoms with Crippen molar-refractivity contribution in [3.63, 3.8) is 0 Å². The molecule has 146 valence electrons. The fourth-order valence-corrected chi connectivity index (χ4v) is 3.92. The van der Waals surface area contributed by atoms with Crippen LogP contribution in [0.25, 0.3) is 16.9 Å². The van der Waals surface area contributed by atoms with Crippen LogP contribution in [-0.2, 0) is 6.54 Å². The van der Waals surface area contributed by atoms with E-state index < -0.39 is 0 Å². The predicted octanol–water partition coefficient (Wildman–Crippen LogP) is 4.17. The summed E-state index contributed by atoms with van der Waals surface area (Å²) in [6.07, 6.45) is 13.6. The normalized spacial score (nSPS) is 14.5. The molecule has 1 aliphatic carbocycles. The average Bonchev–Trinajstić information content (AvgIpc) is 3.36. The second-order valence-electron chi connectivity index (χ2n) is 7.61. The van der Waals surface area contributed by atoms with E-state index in [0.29, 0.717) is 12.6 Å². The van der Waals surface area contributed by atoms with Crippen LogP contribution in [-0.4, -0.2) is 25.4 Å². The minimum absolute atomic E-state index is 0.0147. The van der Waals surface area contributed by atoms with E-state index in [1.807, 2.05) is 24.8 Å². The molecular formula is C22H27N5O. The van der Waals surface area contributed by atoms with Gasteiger partial charge in [0.1, 0.15) is 0 Å². The van der Waals surface area contributed by atoms with Crippen LogP contribution < -0.4 is 10.9 Å². The van der Waals surface area contributed by atoms with Gasteiger partial charge in [0.25, 0.3) is 5.56 Å². The van der Waals surface area contributed by atoms with E-state index in [2.05, 4.69) is 35.3 Å². The fourth-order valence-electron chi connectivity index (χ4n) is 3.92. The molecule has 0 unspecified atom stereocenters. The minimum atomic E-state index is 0.0147. The van der Waals surface area contributed by atoms with Crippen LogP contribution in [0.2, 0.25) is 0 Å². The Morgan fingerprint density at radius 3 is 2.75 bits per heavy atom. The van der Waals surface area contributed by atoms with Crippen molar-refractivity contribution in [1.82, 2.24) is 19.3 Å². The third-order valence-electron chi connectivity index (χ3n) is 5.36. The molecule has 0 radical (unpaired) electrons. The Morgan fingerprint density at radius 2 is 2.00 bits per heavy atom. The van der Waals surface area contributed by atoms with Gasteiger partial charge in [-0.3, -0.25) is 9.78 Å². The Hall–Kier alpha value is -2.89. The van der Waals surface area contributed by atoms with Gasteiger partial charge in [-0.2, -0.15) is 5.10 Å². The molecule has 4 rings (SSSR count). The number of aromatic nitrogens is 4. The molecule has 0 bridgehead atoms. The molecule has 3 aromatic heterocycles. The summed E-state index contributed by atoms with van der Waals surface area (Å²) in [7, 11) is 0. The lowest BCUT2D eigenvalue weighted by Crippen LogP contribution is -2.19. The zero-order chi connectivity index (χ0) is 19.5. The summed E-state index contributed by atoms with van der Waals surface area (Å²) in [5.41, 5.74) is 5.01. The fraction of sp³-hybridized carbons (Fsp3) is 0.409. The number of hydrogen-bond donors (Lipinski definition) is 1. The highest BCUT2D eigenvalue weighted by atomic mass is 16.1. The number of pyridine rings is 2. The van der Waals surface area contributed by atoms with Crippen LogP contribution in [0.3, 0.4) is 0 Å². The lowest BCUT2D eigenvalue weighted by molar-refractivity contribution is 0.648. The van der Waals surface area contributed by atoms with Crippen LogP contribution in [0.1, 0.15) is 44.6 Å². The molecule has 1 aliphatic rings. The standard InChI is InChI=1S/C22H27N5O/c1-3-10-26-15-20(8-9-21(26)28)27-14-17(12-24-27)22-16(2)11-19(13-23-22)25-18-6-4-5-7-18/h8-9,11-15,18,25H,3-7,10H2,1-2H3. The second kappa shape index (κ2) is 8.00. The SMILES string of the molecule is CCCn1cc(-n2cc(-c3ncc(NC4CCCC4)cc3C)cn2)ccc1=O. The average molecular weight is 377 g/mol. The topological polar surface area (TPSA) is 64.7 Å². The molecule has 28 heavy (non-hydrogen) atoms. The zero-order valence-electron chi connectivity index (χ0n) is 16.6. The third-order valence-corrected chi connectivity index (χ3v) is 5.36. The lowest BCUT2D eigenvalue weighted by Gasteiger charge is -2.14. The van der Waals surface area contributed by atoms with Crippen molar-refractivity contribution in [2.75, 3.05) is 5.32 Å². The molecule has 3 heterocycles. The molecule has 6 nitrogen and oxygen atoms in total. The molecule has 0 aliphatic heterocycles. The molecule has 6 heteroatoms. The monoisotopic (exact) mass is 377 g/mol. The number of nitrogens with zero attached hydrogens (tertiary/aromatic N) is 4. The molecule has 1 N–H and O–H groups in total. The van der Waals surface area contributed by atoms with Crippen LogP contribution in [0.15, 0.2) is 47.8 Å². The van der Waals surface area contributed by atoms with Crippen molar-refractivity contribution in [3.8, 4) is 16.9 Å². The smallest absolute Gasteiger partial charge is 0.250 e. The van der Waals surface area contributed by atoms with Gasteiger partial charge in [0.15, 0.2) is 0 Å². The van der Waals surface area contributed by atoms with Crippen molar-refractivity contribution in [3.05, 3.63) is 58.9 Å². The number of rotatable bonds is 6. The minimum Gasteiger partial charge on any atom is -0.381 e. The maximum absolute atomic E-state index is 11.9. The highest BCUT2D eigenvalue weighted by Crippen LogP contribution is 2.26. The van der Waals surface area contributed by atoms with Gasteiger partial charge in [-0.1, -0.05) is 19.8 Å². The van der Waals surface area contributed by atoms with Gasteiger partial charge < -0.3 is 9.88 Å². The molecule has 1 fully saturated rings. The van der Waals surface area contributed by atoms with Gasteiger partial charge in [-0.25, -0.2) is 4.68 Å². The van der Waals surface area contributed by atoms with E-state index in [4.69, 9.17) is 0 Å². The molecule has 0 aromatic carbocycles. The Morgan fingerprint density at radius 1 is 1.18 bits per heavy atom. The number of anilines is 1. The largest absolute Gasteiger partial charge is 0.381 e. The highest BCUT2D eigenvalue weighted by Gasteiger charge is 2.15. The van der Waals surface area contributed by atoms with E-state index in [-0.39, 0.29) is 5.56 Å². The van der Waals surface area contributed by atoms with Crippen molar-refractivity contribution in [2.45, 2.75) is 58.5 Å². The summed E-state index contributed by atoms with van der Waals surface area (Å²) in [4.78, 5) is 16.6. The summed E-state index contributed by atoms with van der Waals surface area (Å²) in [5, 5.41) is 8.09. The Labute approximate surface area is 165 Å². The maximum Gasteiger partial charge on any atom is 0.250 e. The van der Waals surface area contributed by atoms with Gasteiger partial charge >= 0.3 is 0 Å². The summed E-state index contributed by atoms with van der Waals surface area (Å²) in [5.74, 6) is 0. The van der Waals surface area contributed by atoms with Gasteiger partial charge in [0, 0.05) is 36.6 Å². The maximum atomic E-state index is 11.9. The summed E-state index contributed by atoms with van der Waals surface area (Å²) >= 11 is 0. The first-order valence-electron chi connectivity index (χ1n) is 10.1. The second-order valence-corrected chi connectivity index (χ2v) is 7.61. The van der Waals surface area contributed by atoms with E-state index in [0.717, 1.165) is 34.6 Å². The van der Waals surface area contributed by atoms with Crippen LogP contribution in [0.5, 0.6) is 0 Å². The van der Waals surface area contributed by atoms with Crippen LogP contribution in [0, 0.1) is 6.92 Å². The van der Waals surface area contributed by atoms with Gasteiger partial charge in [0.2, 0.25) is 0 Å². The number of hydrogen-bond acceptors (Lipinski definition) is 4. The van der Waals surface area contributed by atoms with Crippen molar-refractivity contribution < 1.29 is 0 Å². The Balaban J connectivity index is 1.57. The quantitative estimate of drug-likeness (QED) is 0.700. The number of aryl methyl sites for hydroxylation is 2. The summed E-state index contributed by atoms with van der Waals surface area (Å²) in [6.45, 7) is 4.85. The van der Waals surface area contributed by atoms with E-state index >= 15 is 0 Å².